The van der Waals surface area contributed by atoms with Crippen molar-refractivity contribution < 1.29 is 0 Å². The fourth-order valence-corrected chi connectivity index (χ4v) is 1.41. The number of benzene rings is 1. The summed E-state index contributed by atoms with van der Waals surface area (Å²) in [6.45, 7) is 8.67. The molecule has 0 aromatic heterocycles. The molecular weight excluding hydrogens is 182 g/mol. The lowest BCUT2D eigenvalue weighted by Crippen LogP contribution is -2.21. The Bertz CT molecular complexity index is 244. The summed E-state index contributed by atoms with van der Waals surface area (Å²) in [6.07, 6.45) is 0. The summed E-state index contributed by atoms with van der Waals surface area (Å²) in [5.74, 6) is 0. The van der Waals surface area contributed by atoms with Crippen LogP contribution in [0.2, 0.25) is 0 Å². The second-order valence-corrected chi connectivity index (χ2v) is 3.01. The molecule has 0 aliphatic heterocycles. The summed E-state index contributed by atoms with van der Waals surface area (Å²) in [5, 5.41) is 0. The highest BCUT2D eigenvalue weighted by Crippen LogP contribution is 2.14. The van der Waals surface area contributed by atoms with Gasteiger partial charge in [0.05, 0.1) is 0 Å². The molecule has 1 aromatic carbocycles. The predicted molar refractivity (Wildman–Crippen MR) is 62.0 cm³/mol. The van der Waals surface area contributed by atoms with E-state index in [1.165, 1.54) is 11.3 Å². The van der Waals surface area contributed by atoms with Gasteiger partial charge in [-0.05, 0) is 38.5 Å². The van der Waals surface area contributed by atoms with E-state index in [9.17, 15) is 0 Å². The Morgan fingerprint density at radius 2 is 1.77 bits per heavy atom. The Labute approximate surface area is 87.2 Å². The first kappa shape index (κ1) is 12.3. The third-order valence-electron chi connectivity index (χ3n) is 2.13. The van der Waals surface area contributed by atoms with E-state index >= 15 is 0 Å². The first-order valence-electron chi connectivity index (χ1n) is 4.59. The van der Waals surface area contributed by atoms with Crippen molar-refractivity contribution in [3.63, 3.8) is 0 Å². The number of hydrogen-bond donors (Lipinski definition) is 0. The monoisotopic (exact) mass is 199 g/mol. The minimum absolute atomic E-state index is 0. The normalized spacial score (nSPS) is 9.15. The Hall–Kier alpha value is -0.690. The Balaban J connectivity index is 0.00000144. The molecule has 0 bridgehead atoms. The van der Waals surface area contributed by atoms with E-state index in [0.29, 0.717) is 0 Å². The lowest BCUT2D eigenvalue weighted by atomic mass is 10.2. The highest BCUT2D eigenvalue weighted by molar-refractivity contribution is 5.85. The van der Waals surface area contributed by atoms with Gasteiger partial charge in [0, 0.05) is 18.8 Å². The summed E-state index contributed by atoms with van der Waals surface area (Å²) in [4.78, 5) is 2.35. The molecule has 0 atom stereocenters. The van der Waals surface area contributed by atoms with E-state index in [4.69, 9.17) is 0 Å². The zero-order chi connectivity index (χ0) is 8.97. The zero-order valence-corrected chi connectivity index (χ0v) is 9.40. The minimum atomic E-state index is 0. The molecule has 13 heavy (non-hydrogen) atoms. The Morgan fingerprint density at radius 3 is 2.23 bits per heavy atom. The standard InChI is InChI=1S/C11H17N.ClH/c1-4-12(5-2)11-8-6-7-10(3)9-11;/h6-9H,4-5H2,1-3H3;1H. The molecule has 74 valence electrons. The van der Waals surface area contributed by atoms with Crippen LogP contribution in [0.4, 0.5) is 5.69 Å². The molecular formula is C11H18ClN. The van der Waals surface area contributed by atoms with Crippen LogP contribution in [0, 0.1) is 6.92 Å². The highest BCUT2D eigenvalue weighted by atomic mass is 35.5. The van der Waals surface area contributed by atoms with Crippen LogP contribution < -0.4 is 4.90 Å². The molecule has 0 radical (unpaired) electrons. The second kappa shape index (κ2) is 5.87. The number of hydrogen-bond acceptors (Lipinski definition) is 1. The molecule has 0 unspecified atom stereocenters. The molecule has 2 heteroatoms. The third-order valence-corrected chi connectivity index (χ3v) is 2.13. The van der Waals surface area contributed by atoms with E-state index in [1.807, 2.05) is 0 Å². The van der Waals surface area contributed by atoms with Gasteiger partial charge in [0.15, 0.2) is 0 Å². The van der Waals surface area contributed by atoms with Crippen molar-refractivity contribution in [3.05, 3.63) is 29.8 Å². The summed E-state index contributed by atoms with van der Waals surface area (Å²) in [6, 6.07) is 8.64. The van der Waals surface area contributed by atoms with E-state index in [0.717, 1.165) is 13.1 Å². The van der Waals surface area contributed by atoms with Crippen LogP contribution in [0.25, 0.3) is 0 Å². The average Bonchev–Trinajstić information content (AvgIpc) is 2.07. The second-order valence-electron chi connectivity index (χ2n) is 3.01. The Morgan fingerprint density at radius 1 is 1.15 bits per heavy atom. The summed E-state index contributed by atoms with van der Waals surface area (Å²) in [7, 11) is 0. The number of aryl methyl sites for hydroxylation is 1. The van der Waals surface area contributed by atoms with Crippen molar-refractivity contribution in [2.45, 2.75) is 20.8 Å². The van der Waals surface area contributed by atoms with E-state index in [-0.39, 0.29) is 12.4 Å². The largest absolute Gasteiger partial charge is 0.372 e. The van der Waals surface area contributed by atoms with Gasteiger partial charge in [0.2, 0.25) is 0 Å². The predicted octanol–water partition coefficient (Wildman–Crippen LogP) is 3.26. The molecule has 1 nitrogen and oxygen atoms in total. The smallest absolute Gasteiger partial charge is 0.0368 e. The van der Waals surface area contributed by atoms with Crippen molar-refractivity contribution in [2.24, 2.45) is 0 Å². The topological polar surface area (TPSA) is 3.24 Å². The van der Waals surface area contributed by atoms with E-state index in [1.54, 1.807) is 0 Å². The first-order valence-corrected chi connectivity index (χ1v) is 4.59. The third kappa shape index (κ3) is 3.27. The van der Waals surface area contributed by atoms with Crippen LogP contribution in [-0.2, 0) is 0 Å². The average molecular weight is 200 g/mol. The van der Waals surface area contributed by atoms with Crippen LogP contribution in [0.3, 0.4) is 0 Å². The van der Waals surface area contributed by atoms with Gasteiger partial charge in [0.1, 0.15) is 0 Å². The highest BCUT2D eigenvalue weighted by Gasteiger charge is 1.99. The first-order chi connectivity index (χ1) is 5.77. The van der Waals surface area contributed by atoms with Crippen molar-refractivity contribution in [1.82, 2.24) is 0 Å². The molecule has 0 amide bonds. The maximum Gasteiger partial charge on any atom is 0.0368 e. The number of nitrogens with zero attached hydrogens (tertiary/aromatic N) is 1. The number of halogens is 1. The maximum atomic E-state index is 2.35. The van der Waals surface area contributed by atoms with Crippen molar-refractivity contribution in [3.8, 4) is 0 Å². The summed E-state index contributed by atoms with van der Waals surface area (Å²) >= 11 is 0. The minimum Gasteiger partial charge on any atom is -0.372 e. The van der Waals surface area contributed by atoms with Crippen molar-refractivity contribution in [1.29, 1.82) is 0 Å². The lowest BCUT2D eigenvalue weighted by Gasteiger charge is -2.21. The molecule has 0 aliphatic carbocycles. The Kier molecular flexibility index (Phi) is 5.56. The van der Waals surface area contributed by atoms with Gasteiger partial charge in [-0.25, -0.2) is 0 Å². The maximum absolute atomic E-state index is 2.35. The van der Waals surface area contributed by atoms with Crippen LogP contribution in [-0.4, -0.2) is 13.1 Å². The van der Waals surface area contributed by atoms with Crippen molar-refractivity contribution in [2.75, 3.05) is 18.0 Å². The zero-order valence-electron chi connectivity index (χ0n) is 8.58. The van der Waals surface area contributed by atoms with Gasteiger partial charge >= 0.3 is 0 Å². The van der Waals surface area contributed by atoms with Gasteiger partial charge in [-0.3, -0.25) is 0 Å². The van der Waals surface area contributed by atoms with Gasteiger partial charge in [-0.2, -0.15) is 0 Å². The fraction of sp³-hybridized carbons (Fsp3) is 0.455. The molecule has 0 heterocycles. The van der Waals surface area contributed by atoms with Gasteiger partial charge in [0.25, 0.3) is 0 Å². The van der Waals surface area contributed by atoms with E-state index < -0.39 is 0 Å². The molecule has 0 aliphatic rings. The van der Waals surface area contributed by atoms with Gasteiger partial charge in [-0.1, -0.05) is 12.1 Å². The lowest BCUT2D eigenvalue weighted by molar-refractivity contribution is 0.865. The van der Waals surface area contributed by atoms with Gasteiger partial charge in [-0.15, -0.1) is 12.4 Å². The molecule has 1 aromatic rings. The van der Waals surface area contributed by atoms with Crippen molar-refractivity contribution >= 4 is 18.1 Å². The van der Waals surface area contributed by atoms with Crippen LogP contribution in [0.15, 0.2) is 24.3 Å². The van der Waals surface area contributed by atoms with E-state index in [2.05, 4.69) is 49.9 Å². The summed E-state index contributed by atoms with van der Waals surface area (Å²) in [5.41, 5.74) is 2.67. The van der Waals surface area contributed by atoms with Crippen LogP contribution in [0.5, 0.6) is 0 Å². The van der Waals surface area contributed by atoms with Crippen LogP contribution in [0.1, 0.15) is 19.4 Å². The summed E-state index contributed by atoms with van der Waals surface area (Å²) < 4.78 is 0. The number of anilines is 1. The molecule has 0 saturated carbocycles. The quantitative estimate of drug-likeness (QED) is 0.723. The molecule has 0 N–H and O–H groups in total. The SMILES string of the molecule is CCN(CC)c1cccc(C)c1.Cl. The molecule has 0 spiro atoms. The number of rotatable bonds is 3. The fourth-order valence-electron chi connectivity index (χ4n) is 1.41. The molecule has 0 fully saturated rings. The van der Waals surface area contributed by atoms with Gasteiger partial charge < -0.3 is 4.90 Å². The molecule has 0 saturated heterocycles. The van der Waals surface area contributed by atoms with Crippen LogP contribution >= 0.6 is 12.4 Å². The molecule has 1 rings (SSSR count).